The lowest BCUT2D eigenvalue weighted by Gasteiger charge is -2.38. The van der Waals surface area contributed by atoms with Crippen LogP contribution >= 0.6 is 11.3 Å². The van der Waals surface area contributed by atoms with Gasteiger partial charge in [0.15, 0.2) is 0 Å². The van der Waals surface area contributed by atoms with Crippen LogP contribution in [0.15, 0.2) is 41.8 Å². The van der Waals surface area contributed by atoms with Crippen molar-refractivity contribution < 1.29 is 19.4 Å². The Balaban J connectivity index is 1.66. The molecule has 0 radical (unpaired) electrons. The van der Waals surface area contributed by atoms with Crippen LogP contribution in [0.4, 0.5) is 0 Å². The normalized spacial score (nSPS) is 15.5. The molecule has 1 aromatic carbocycles. The zero-order chi connectivity index (χ0) is 16.3. The van der Waals surface area contributed by atoms with E-state index in [1.54, 1.807) is 35.6 Å². The molecule has 6 heteroatoms. The average Bonchev–Trinajstić information content (AvgIpc) is 3.02. The minimum absolute atomic E-state index is 0.381. The van der Waals surface area contributed by atoms with E-state index in [0.717, 1.165) is 11.3 Å². The molecule has 120 valence electrons. The van der Waals surface area contributed by atoms with Gasteiger partial charge in [0.1, 0.15) is 17.9 Å². The smallest absolute Gasteiger partial charge is 0.329 e. The maximum Gasteiger partial charge on any atom is 0.329 e. The number of ether oxygens (including phenoxy) is 1. The third-order valence-electron chi connectivity index (χ3n) is 4.03. The zero-order valence-electron chi connectivity index (χ0n) is 12.5. The van der Waals surface area contributed by atoms with E-state index in [2.05, 4.69) is 5.32 Å². The van der Waals surface area contributed by atoms with Gasteiger partial charge >= 0.3 is 5.97 Å². The molecule has 1 heterocycles. The Morgan fingerprint density at radius 1 is 1.26 bits per heavy atom. The molecular weight excluding hydrogens is 314 g/mol. The fraction of sp³-hybridized carbons (Fsp3) is 0.294. The second-order valence-corrected chi connectivity index (χ2v) is 6.62. The second-order valence-electron chi connectivity index (χ2n) is 5.59. The summed E-state index contributed by atoms with van der Waals surface area (Å²) >= 11 is 1.60. The van der Waals surface area contributed by atoms with Crippen molar-refractivity contribution in [2.75, 3.05) is 0 Å². The van der Waals surface area contributed by atoms with Crippen LogP contribution < -0.4 is 10.1 Å². The Labute approximate surface area is 137 Å². The molecule has 5 nitrogen and oxygen atoms in total. The number of aliphatic carboxylic acids is 1. The minimum Gasteiger partial charge on any atom is -0.488 e. The highest BCUT2D eigenvalue weighted by atomic mass is 32.1. The van der Waals surface area contributed by atoms with Crippen molar-refractivity contribution in [2.45, 2.75) is 31.4 Å². The fourth-order valence-corrected chi connectivity index (χ4v) is 3.10. The molecule has 1 fully saturated rings. The summed E-state index contributed by atoms with van der Waals surface area (Å²) < 4.78 is 5.67. The SMILES string of the molecule is O=C(NC1(C(=O)O)CCC1)c1cccc(OCc2cccs2)c1. The Hall–Kier alpha value is -2.34. The van der Waals surface area contributed by atoms with Crippen LogP contribution in [0.2, 0.25) is 0 Å². The number of carbonyl (C=O) groups is 2. The monoisotopic (exact) mass is 331 g/mol. The third kappa shape index (κ3) is 3.37. The van der Waals surface area contributed by atoms with Crippen LogP contribution in [0, 0.1) is 0 Å². The molecule has 2 aromatic rings. The van der Waals surface area contributed by atoms with Gasteiger partial charge < -0.3 is 15.2 Å². The van der Waals surface area contributed by atoms with Crippen molar-refractivity contribution in [3.63, 3.8) is 0 Å². The first kappa shape index (κ1) is 15.6. The highest BCUT2D eigenvalue weighted by Crippen LogP contribution is 2.32. The molecule has 1 amide bonds. The first-order valence-corrected chi connectivity index (χ1v) is 8.28. The van der Waals surface area contributed by atoms with Gasteiger partial charge in [-0.3, -0.25) is 4.79 Å². The largest absolute Gasteiger partial charge is 0.488 e. The van der Waals surface area contributed by atoms with Crippen LogP contribution in [0.5, 0.6) is 5.75 Å². The number of hydrogen-bond acceptors (Lipinski definition) is 4. The van der Waals surface area contributed by atoms with Crippen molar-refractivity contribution in [1.82, 2.24) is 5.32 Å². The number of rotatable bonds is 6. The van der Waals surface area contributed by atoms with Crippen LogP contribution in [-0.2, 0) is 11.4 Å². The van der Waals surface area contributed by atoms with E-state index < -0.39 is 11.5 Å². The van der Waals surface area contributed by atoms with Gasteiger partial charge in [0.05, 0.1) is 0 Å². The predicted molar refractivity (Wildman–Crippen MR) is 86.8 cm³/mol. The summed E-state index contributed by atoms with van der Waals surface area (Å²) in [6.07, 6.45) is 1.77. The van der Waals surface area contributed by atoms with E-state index in [0.29, 0.717) is 30.8 Å². The van der Waals surface area contributed by atoms with Crippen LogP contribution in [0.25, 0.3) is 0 Å². The lowest BCUT2D eigenvalue weighted by molar-refractivity contribution is -0.148. The molecular formula is C17H17NO4S. The first-order chi connectivity index (χ1) is 11.1. The maximum absolute atomic E-state index is 12.3. The molecule has 0 spiro atoms. The van der Waals surface area contributed by atoms with E-state index in [4.69, 9.17) is 4.74 Å². The van der Waals surface area contributed by atoms with E-state index in [1.165, 1.54) is 0 Å². The Morgan fingerprint density at radius 2 is 2.09 bits per heavy atom. The summed E-state index contributed by atoms with van der Waals surface area (Å²) in [7, 11) is 0. The van der Waals surface area contributed by atoms with E-state index in [1.807, 2.05) is 17.5 Å². The summed E-state index contributed by atoms with van der Waals surface area (Å²) in [4.78, 5) is 24.7. The van der Waals surface area contributed by atoms with Crippen molar-refractivity contribution in [2.24, 2.45) is 0 Å². The topological polar surface area (TPSA) is 75.6 Å². The molecule has 23 heavy (non-hydrogen) atoms. The molecule has 0 unspecified atom stereocenters. The highest BCUT2D eigenvalue weighted by molar-refractivity contribution is 7.09. The number of carboxylic acid groups (broad SMARTS) is 1. The minimum atomic E-state index is -1.11. The summed E-state index contributed by atoms with van der Waals surface area (Å²) in [5.74, 6) is -0.764. The van der Waals surface area contributed by atoms with Gasteiger partial charge in [-0.2, -0.15) is 0 Å². The molecule has 1 aliphatic carbocycles. The lowest BCUT2D eigenvalue weighted by Crippen LogP contribution is -2.59. The molecule has 0 aliphatic heterocycles. The molecule has 2 N–H and O–H groups in total. The number of carboxylic acids is 1. The quantitative estimate of drug-likeness (QED) is 0.853. The summed E-state index contributed by atoms with van der Waals surface area (Å²) in [6.45, 7) is 0.446. The average molecular weight is 331 g/mol. The van der Waals surface area contributed by atoms with Gasteiger partial charge in [0, 0.05) is 10.4 Å². The molecule has 3 rings (SSSR count). The van der Waals surface area contributed by atoms with Gasteiger partial charge in [-0.1, -0.05) is 12.1 Å². The Morgan fingerprint density at radius 3 is 2.70 bits per heavy atom. The van der Waals surface area contributed by atoms with E-state index in [-0.39, 0.29) is 5.91 Å². The zero-order valence-corrected chi connectivity index (χ0v) is 13.3. The number of benzene rings is 1. The lowest BCUT2D eigenvalue weighted by atomic mass is 9.76. The predicted octanol–water partition coefficient (Wildman–Crippen LogP) is 3.06. The fourth-order valence-electron chi connectivity index (χ4n) is 2.49. The first-order valence-electron chi connectivity index (χ1n) is 7.40. The summed E-state index contributed by atoms with van der Waals surface area (Å²) in [5, 5.41) is 13.9. The van der Waals surface area contributed by atoms with Gasteiger partial charge in [0.2, 0.25) is 0 Å². The summed E-state index contributed by atoms with van der Waals surface area (Å²) in [5.41, 5.74) is -0.702. The molecule has 0 atom stereocenters. The van der Waals surface area contributed by atoms with Crippen LogP contribution in [0.3, 0.4) is 0 Å². The third-order valence-corrected chi connectivity index (χ3v) is 4.88. The number of carbonyl (C=O) groups excluding carboxylic acids is 1. The maximum atomic E-state index is 12.3. The van der Waals surface area contributed by atoms with Gasteiger partial charge in [0.25, 0.3) is 5.91 Å². The standard InChI is InChI=1S/C17H17NO4S/c19-15(18-17(16(20)21)7-3-8-17)12-4-1-5-13(10-12)22-11-14-6-2-9-23-14/h1-2,4-6,9-10H,3,7-8,11H2,(H,18,19)(H,20,21). The molecule has 1 aromatic heterocycles. The Bertz CT molecular complexity index is 707. The second kappa shape index (κ2) is 6.42. The van der Waals surface area contributed by atoms with Crippen molar-refractivity contribution in [3.8, 4) is 5.75 Å². The van der Waals surface area contributed by atoms with E-state index in [9.17, 15) is 14.7 Å². The molecule has 1 saturated carbocycles. The summed E-state index contributed by atoms with van der Waals surface area (Å²) in [6, 6.07) is 10.7. The molecule has 1 aliphatic rings. The van der Waals surface area contributed by atoms with Crippen molar-refractivity contribution in [1.29, 1.82) is 0 Å². The number of thiophene rings is 1. The number of nitrogens with one attached hydrogen (secondary N) is 1. The highest BCUT2D eigenvalue weighted by Gasteiger charge is 2.45. The van der Waals surface area contributed by atoms with Gasteiger partial charge in [-0.25, -0.2) is 4.79 Å². The van der Waals surface area contributed by atoms with Crippen molar-refractivity contribution in [3.05, 3.63) is 52.2 Å². The van der Waals surface area contributed by atoms with Gasteiger partial charge in [-0.05, 0) is 48.9 Å². The van der Waals surface area contributed by atoms with Gasteiger partial charge in [-0.15, -0.1) is 11.3 Å². The number of amides is 1. The van der Waals surface area contributed by atoms with E-state index >= 15 is 0 Å². The molecule has 0 bridgehead atoms. The van der Waals surface area contributed by atoms with Crippen molar-refractivity contribution >= 4 is 23.2 Å². The van der Waals surface area contributed by atoms with Crippen LogP contribution in [0.1, 0.15) is 34.5 Å². The number of hydrogen-bond donors (Lipinski definition) is 2. The Kier molecular flexibility index (Phi) is 4.34. The molecule has 0 saturated heterocycles. The van der Waals surface area contributed by atoms with Crippen LogP contribution in [-0.4, -0.2) is 22.5 Å².